The number of unbranched alkanes of at least 4 members (excludes halogenated alkanes) is 27. The van der Waals surface area contributed by atoms with Crippen molar-refractivity contribution in [1.29, 1.82) is 0 Å². The monoisotopic (exact) mass is 1500 g/mol. The number of ether oxygens (including phenoxy) is 4. The Hall–Kier alpha value is -4.80. The molecule has 104 heavy (non-hydrogen) atoms. The number of aliphatic hydroxyl groups excluding tert-OH is 1. The number of allylic oxidation sites excluding steroid dienone is 22. The molecule has 5 unspecified atom stereocenters. The number of phosphoric acid groups is 2. The van der Waals surface area contributed by atoms with E-state index in [4.69, 9.17) is 37.0 Å². The third-order valence-electron chi connectivity index (χ3n) is 16.6. The third-order valence-corrected chi connectivity index (χ3v) is 18.5. The third kappa shape index (κ3) is 75.4. The molecule has 0 aliphatic rings. The highest BCUT2D eigenvalue weighted by Crippen LogP contribution is 2.45. The number of rotatable bonds is 75. The summed E-state index contributed by atoms with van der Waals surface area (Å²) in [6.45, 7) is 4.54. The maximum atomic E-state index is 13.1. The topological polar surface area (TPSA) is 237 Å². The van der Waals surface area contributed by atoms with Crippen LogP contribution >= 0.6 is 15.6 Å². The summed E-state index contributed by atoms with van der Waals surface area (Å²) in [6.07, 6.45) is 85.7. The van der Waals surface area contributed by atoms with Crippen molar-refractivity contribution in [3.63, 3.8) is 0 Å². The van der Waals surface area contributed by atoms with Crippen LogP contribution in [0.1, 0.15) is 323 Å². The normalized spacial score (nSPS) is 14.6. The summed E-state index contributed by atoms with van der Waals surface area (Å²) in [5, 5.41) is 10.6. The summed E-state index contributed by atoms with van der Waals surface area (Å²) >= 11 is 0. The molecule has 0 amide bonds. The van der Waals surface area contributed by atoms with E-state index in [9.17, 15) is 43.2 Å². The van der Waals surface area contributed by atoms with E-state index in [1.54, 1.807) is 0 Å². The molecule has 0 heterocycles. The zero-order valence-electron chi connectivity index (χ0n) is 65.2. The summed E-state index contributed by atoms with van der Waals surface area (Å²) in [6, 6.07) is 0. The molecule has 0 aliphatic heterocycles. The lowest BCUT2D eigenvalue weighted by molar-refractivity contribution is -0.161. The highest BCUT2D eigenvalue weighted by Gasteiger charge is 2.30. The van der Waals surface area contributed by atoms with Gasteiger partial charge in [0.2, 0.25) is 0 Å². The molecule has 17 nitrogen and oxygen atoms in total. The van der Waals surface area contributed by atoms with Gasteiger partial charge in [0, 0.05) is 25.7 Å². The fraction of sp³-hybridized carbons (Fsp3) is 0.694. The van der Waals surface area contributed by atoms with Crippen LogP contribution in [0.2, 0.25) is 0 Å². The van der Waals surface area contributed by atoms with E-state index in [2.05, 4.69) is 161 Å². The number of esters is 4. The number of hydrogen-bond donors (Lipinski definition) is 3. The van der Waals surface area contributed by atoms with Crippen LogP contribution in [0.15, 0.2) is 134 Å². The van der Waals surface area contributed by atoms with Crippen LogP contribution < -0.4 is 0 Å². The standard InChI is InChI=1S/C85H144O17P2/c1-5-9-13-17-21-25-29-33-37-38-39-40-44-46-50-54-58-62-66-70-83(88)96-76-81(102-85(90)72-68-64-60-56-52-48-43-36-32-28-24-20-16-12-8-4)78-100-104(93,94)98-74-79(86)73-97-103(91,92)99-77-80(101-84(89)71-67-63-59-55-51-47-42-35-31-27-23-19-15-11-7-3)75-95-82(87)69-65-61-57-53-49-45-41-34-30-26-22-18-14-10-6-2/h10,12,14,16,21-22,24-26,28,33-37,39-43,49,53,79-81,86H,5-9,11,13,15,17-20,23,27,29-32,38,44-48,50-52,54-78H2,1-4H3,(H,91,92)(H,93,94)/b14-10-,16-12-,25-21-,26-22-,28-24-,37-33-,40-39-,41-34-,42-35-,43-36-,53-49-. The first kappa shape index (κ1) is 99.2. The van der Waals surface area contributed by atoms with Crippen LogP contribution in [-0.2, 0) is 65.4 Å². The number of phosphoric ester groups is 2. The summed E-state index contributed by atoms with van der Waals surface area (Å²) in [4.78, 5) is 73.0. The van der Waals surface area contributed by atoms with Crippen molar-refractivity contribution >= 4 is 39.5 Å². The molecule has 0 aromatic carbocycles. The number of carbonyl (C=O) groups excluding carboxylic acids is 4. The van der Waals surface area contributed by atoms with E-state index in [0.717, 1.165) is 186 Å². The zero-order chi connectivity index (χ0) is 76.0. The van der Waals surface area contributed by atoms with Gasteiger partial charge in [-0.25, -0.2) is 9.13 Å². The fourth-order valence-corrected chi connectivity index (χ4v) is 12.0. The Morgan fingerprint density at radius 1 is 0.279 bits per heavy atom. The maximum Gasteiger partial charge on any atom is 0.472 e. The van der Waals surface area contributed by atoms with E-state index in [-0.39, 0.29) is 25.7 Å². The molecule has 3 N–H and O–H groups in total. The molecule has 0 aromatic heterocycles. The first-order valence-electron chi connectivity index (χ1n) is 40.4. The van der Waals surface area contributed by atoms with Crippen LogP contribution in [0.5, 0.6) is 0 Å². The molecule has 0 aromatic rings. The second-order valence-electron chi connectivity index (χ2n) is 26.6. The minimum absolute atomic E-state index is 0.0685. The lowest BCUT2D eigenvalue weighted by atomic mass is 10.1. The second-order valence-corrected chi connectivity index (χ2v) is 29.5. The average molecular weight is 1500 g/mol. The van der Waals surface area contributed by atoms with Gasteiger partial charge in [-0.3, -0.25) is 37.3 Å². The van der Waals surface area contributed by atoms with Crippen molar-refractivity contribution < 1.29 is 80.2 Å². The van der Waals surface area contributed by atoms with E-state index in [1.165, 1.54) is 57.8 Å². The largest absolute Gasteiger partial charge is 0.472 e. The van der Waals surface area contributed by atoms with Gasteiger partial charge in [0.1, 0.15) is 19.3 Å². The fourth-order valence-electron chi connectivity index (χ4n) is 10.5. The molecule has 0 bridgehead atoms. The number of hydrogen-bond acceptors (Lipinski definition) is 15. The van der Waals surface area contributed by atoms with Crippen molar-refractivity contribution in [3.05, 3.63) is 134 Å². The maximum absolute atomic E-state index is 13.1. The Balaban J connectivity index is 5.42. The van der Waals surface area contributed by atoms with Crippen LogP contribution in [0.3, 0.4) is 0 Å². The summed E-state index contributed by atoms with van der Waals surface area (Å²) in [5.74, 6) is -2.26. The molecule has 596 valence electrons. The van der Waals surface area contributed by atoms with Crippen molar-refractivity contribution in [1.82, 2.24) is 0 Å². The molecular formula is C85H144O17P2. The van der Waals surface area contributed by atoms with E-state index < -0.39 is 97.5 Å². The molecular weight excluding hydrogens is 1350 g/mol. The van der Waals surface area contributed by atoms with Gasteiger partial charge in [0.15, 0.2) is 12.2 Å². The second kappa shape index (κ2) is 76.4. The van der Waals surface area contributed by atoms with Gasteiger partial charge in [0.25, 0.3) is 0 Å². The average Bonchev–Trinajstić information content (AvgIpc) is 0.912. The predicted octanol–water partition coefficient (Wildman–Crippen LogP) is 23.7. The molecule has 0 fully saturated rings. The lowest BCUT2D eigenvalue weighted by Crippen LogP contribution is -2.30. The molecule has 0 saturated carbocycles. The Morgan fingerprint density at radius 2 is 0.500 bits per heavy atom. The summed E-state index contributed by atoms with van der Waals surface area (Å²) in [7, 11) is -9.99. The predicted molar refractivity (Wildman–Crippen MR) is 427 cm³/mol. The summed E-state index contributed by atoms with van der Waals surface area (Å²) < 4.78 is 68.6. The lowest BCUT2D eigenvalue weighted by Gasteiger charge is -2.21. The van der Waals surface area contributed by atoms with Crippen molar-refractivity contribution in [2.45, 2.75) is 341 Å². The smallest absolute Gasteiger partial charge is 0.462 e. The van der Waals surface area contributed by atoms with E-state index >= 15 is 0 Å². The molecule has 0 rings (SSSR count). The highest BCUT2D eigenvalue weighted by molar-refractivity contribution is 7.47. The van der Waals surface area contributed by atoms with Gasteiger partial charge in [0.05, 0.1) is 26.4 Å². The Morgan fingerprint density at radius 3 is 0.817 bits per heavy atom. The van der Waals surface area contributed by atoms with Gasteiger partial charge in [-0.1, -0.05) is 271 Å². The first-order valence-corrected chi connectivity index (χ1v) is 43.4. The molecule has 0 saturated heterocycles. The van der Waals surface area contributed by atoms with Crippen LogP contribution in [-0.4, -0.2) is 96.7 Å². The van der Waals surface area contributed by atoms with Crippen molar-refractivity contribution in [2.75, 3.05) is 39.6 Å². The van der Waals surface area contributed by atoms with Gasteiger partial charge < -0.3 is 33.8 Å². The van der Waals surface area contributed by atoms with Crippen LogP contribution in [0, 0.1) is 0 Å². The Bertz CT molecular complexity index is 2490. The Labute approximate surface area is 631 Å². The number of aliphatic hydroxyl groups is 1. The van der Waals surface area contributed by atoms with Gasteiger partial charge in [-0.05, 0) is 161 Å². The SMILES string of the molecule is CC/C=C\C/C=C\C/C=C\C/C=C\CCCCC(=O)OCC(COP(=O)(O)OCC(O)COP(=O)(O)OCC(COC(=O)CCCCCCCC/C=C\C/C=C\C/C=C\CCCCC)OC(=O)CCCCCCC/C=C\C/C=C\C/C=C\CC)OC(=O)CCCCCCC/C=C\CCCCCCCC. The van der Waals surface area contributed by atoms with Crippen molar-refractivity contribution in [3.8, 4) is 0 Å². The highest BCUT2D eigenvalue weighted by atomic mass is 31.2. The quantitative estimate of drug-likeness (QED) is 0.0169. The number of carbonyl (C=O) groups is 4. The van der Waals surface area contributed by atoms with Crippen molar-refractivity contribution in [2.24, 2.45) is 0 Å². The minimum Gasteiger partial charge on any atom is -0.462 e. The molecule has 5 atom stereocenters. The molecule has 19 heteroatoms. The summed E-state index contributed by atoms with van der Waals surface area (Å²) in [5.41, 5.74) is 0. The van der Waals surface area contributed by atoms with E-state index in [1.807, 2.05) is 0 Å². The van der Waals surface area contributed by atoms with Gasteiger partial charge >= 0.3 is 39.5 Å². The van der Waals surface area contributed by atoms with Gasteiger partial charge in [-0.15, -0.1) is 0 Å². The van der Waals surface area contributed by atoms with Crippen LogP contribution in [0.25, 0.3) is 0 Å². The Kier molecular flexibility index (Phi) is 72.9. The minimum atomic E-state index is -4.99. The molecule has 0 radical (unpaired) electrons. The first-order chi connectivity index (χ1) is 50.7. The van der Waals surface area contributed by atoms with Crippen LogP contribution in [0.4, 0.5) is 0 Å². The van der Waals surface area contributed by atoms with E-state index in [0.29, 0.717) is 25.7 Å². The van der Waals surface area contributed by atoms with Gasteiger partial charge in [-0.2, -0.15) is 0 Å². The molecule has 0 spiro atoms. The zero-order valence-corrected chi connectivity index (χ0v) is 66.9. The molecule has 0 aliphatic carbocycles.